The van der Waals surface area contributed by atoms with Crippen LogP contribution in [0.2, 0.25) is 0 Å². The number of imide groups is 1. The first kappa shape index (κ1) is 18.2. The van der Waals surface area contributed by atoms with Gasteiger partial charge in [0.2, 0.25) is 17.7 Å². The van der Waals surface area contributed by atoms with Crippen LogP contribution < -0.4 is 10.2 Å². The van der Waals surface area contributed by atoms with Crippen LogP contribution in [0.25, 0.3) is 0 Å². The summed E-state index contributed by atoms with van der Waals surface area (Å²) in [5.74, 6) is -0.540. The zero-order chi connectivity index (χ0) is 18.7. The number of hydrogen-bond acceptors (Lipinski definition) is 4. The maximum atomic E-state index is 12.6. The molecule has 2 aromatic rings. The van der Waals surface area contributed by atoms with Crippen molar-refractivity contribution >= 4 is 40.9 Å². The number of carbonyl (C=O) groups excluding carboxylic acids is 3. The highest BCUT2D eigenvalue weighted by atomic mass is 32.2. The summed E-state index contributed by atoms with van der Waals surface area (Å²) >= 11 is 1.21. The minimum Gasteiger partial charge on any atom is -0.325 e. The molecule has 134 valence electrons. The predicted molar refractivity (Wildman–Crippen MR) is 104 cm³/mol. The molecular formula is C20H20N2O3S. The Kier molecular flexibility index (Phi) is 5.42. The minimum absolute atomic E-state index is 0.120. The van der Waals surface area contributed by atoms with Crippen LogP contribution in [0.3, 0.4) is 0 Å². The second-order valence-corrected chi connectivity index (χ2v) is 7.46. The van der Waals surface area contributed by atoms with Gasteiger partial charge in [-0.3, -0.25) is 14.4 Å². The number of rotatable bonds is 5. The molecular weight excluding hydrogens is 348 g/mol. The quantitative estimate of drug-likeness (QED) is 0.823. The van der Waals surface area contributed by atoms with Crippen LogP contribution in [0.1, 0.15) is 17.5 Å². The molecule has 1 fully saturated rings. The summed E-state index contributed by atoms with van der Waals surface area (Å²) in [5, 5.41) is 2.32. The Bertz CT molecular complexity index is 848. The van der Waals surface area contributed by atoms with E-state index in [-0.39, 0.29) is 29.9 Å². The Labute approximate surface area is 156 Å². The summed E-state index contributed by atoms with van der Waals surface area (Å²) in [5.41, 5.74) is 3.38. The lowest BCUT2D eigenvalue weighted by molar-refractivity contribution is -0.121. The van der Waals surface area contributed by atoms with Crippen molar-refractivity contribution in [1.29, 1.82) is 0 Å². The fraction of sp³-hybridized carbons (Fsp3) is 0.250. The van der Waals surface area contributed by atoms with E-state index < -0.39 is 5.25 Å². The molecule has 3 rings (SSSR count). The highest BCUT2D eigenvalue weighted by molar-refractivity contribution is 8.01. The summed E-state index contributed by atoms with van der Waals surface area (Å²) in [6.07, 6.45) is 0.120. The SMILES string of the molecule is Cc1ccc(N2C(=O)CC(SCC(=O)Nc3ccccc3C)C2=O)cc1. The van der Waals surface area contributed by atoms with Gasteiger partial charge >= 0.3 is 0 Å². The number of nitrogens with one attached hydrogen (secondary N) is 1. The second kappa shape index (κ2) is 7.74. The Morgan fingerprint density at radius 3 is 2.50 bits per heavy atom. The summed E-state index contributed by atoms with van der Waals surface area (Å²) < 4.78 is 0. The number of hydrogen-bond donors (Lipinski definition) is 1. The lowest BCUT2D eigenvalue weighted by Gasteiger charge is -2.15. The van der Waals surface area contributed by atoms with Crippen LogP contribution in [0, 0.1) is 13.8 Å². The molecule has 1 atom stereocenters. The molecule has 5 nitrogen and oxygen atoms in total. The van der Waals surface area contributed by atoms with Gasteiger partial charge < -0.3 is 5.32 Å². The third kappa shape index (κ3) is 3.96. The first-order valence-electron chi connectivity index (χ1n) is 8.36. The van der Waals surface area contributed by atoms with Gasteiger partial charge in [0.15, 0.2) is 0 Å². The topological polar surface area (TPSA) is 66.5 Å². The molecule has 1 aliphatic rings. The van der Waals surface area contributed by atoms with Crippen molar-refractivity contribution < 1.29 is 14.4 Å². The average Bonchev–Trinajstić information content (AvgIpc) is 2.90. The Morgan fingerprint density at radius 2 is 1.81 bits per heavy atom. The number of nitrogens with zero attached hydrogens (tertiary/aromatic N) is 1. The third-order valence-electron chi connectivity index (χ3n) is 4.23. The number of anilines is 2. The van der Waals surface area contributed by atoms with Gasteiger partial charge in [-0.05, 0) is 37.6 Å². The van der Waals surface area contributed by atoms with Gasteiger partial charge in [-0.1, -0.05) is 35.9 Å². The highest BCUT2D eigenvalue weighted by Gasteiger charge is 2.39. The van der Waals surface area contributed by atoms with E-state index in [1.54, 1.807) is 12.1 Å². The van der Waals surface area contributed by atoms with Crippen LogP contribution in [0.5, 0.6) is 0 Å². The molecule has 1 heterocycles. The molecule has 1 unspecified atom stereocenters. The van der Waals surface area contributed by atoms with Crippen LogP contribution >= 0.6 is 11.8 Å². The first-order valence-corrected chi connectivity index (χ1v) is 9.41. The van der Waals surface area contributed by atoms with E-state index in [4.69, 9.17) is 0 Å². The van der Waals surface area contributed by atoms with E-state index >= 15 is 0 Å². The normalized spacial score (nSPS) is 16.8. The van der Waals surface area contributed by atoms with E-state index in [0.717, 1.165) is 16.8 Å². The molecule has 1 N–H and O–H groups in total. The number of carbonyl (C=O) groups is 3. The van der Waals surface area contributed by atoms with Gasteiger partial charge in [0.1, 0.15) is 0 Å². The van der Waals surface area contributed by atoms with E-state index in [0.29, 0.717) is 5.69 Å². The van der Waals surface area contributed by atoms with Crippen molar-refractivity contribution in [1.82, 2.24) is 0 Å². The summed E-state index contributed by atoms with van der Waals surface area (Å²) in [7, 11) is 0. The Morgan fingerprint density at radius 1 is 1.12 bits per heavy atom. The standard InChI is InChI=1S/C20H20N2O3S/c1-13-7-9-15(10-8-13)22-19(24)11-17(20(22)25)26-12-18(23)21-16-6-4-3-5-14(16)2/h3-10,17H,11-12H2,1-2H3,(H,21,23). The van der Waals surface area contributed by atoms with Crippen molar-refractivity contribution in [3.05, 3.63) is 59.7 Å². The fourth-order valence-electron chi connectivity index (χ4n) is 2.78. The molecule has 1 aliphatic heterocycles. The molecule has 0 aromatic heterocycles. The van der Waals surface area contributed by atoms with Crippen molar-refractivity contribution in [3.8, 4) is 0 Å². The maximum absolute atomic E-state index is 12.6. The smallest absolute Gasteiger partial charge is 0.247 e. The zero-order valence-corrected chi connectivity index (χ0v) is 15.5. The highest BCUT2D eigenvalue weighted by Crippen LogP contribution is 2.30. The molecule has 0 saturated carbocycles. The molecule has 0 radical (unpaired) electrons. The van der Waals surface area contributed by atoms with E-state index in [1.807, 2.05) is 50.2 Å². The van der Waals surface area contributed by atoms with Crippen LogP contribution in [0.15, 0.2) is 48.5 Å². The predicted octanol–water partition coefficient (Wildman–Crippen LogP) is 3.31. The van der Waals surface area contributed by atoms with Gasteiger partial charge in [0.25, 0.3) is 0 Å². The minimum atomic E-state index is -0.522. The summed E-state index contributed by atoms with van der Waals surface area (Å²) in [6.45, 7) is 3.87. The molecule has 26 heavy (non-hydrogen) atoms. The van der Waals surface area contributed by atoms with Crippen molar-refractivity contribution in [2.45, 2.75) is 25.5 Å². The van der Waals surface area contributed by atoms with Crippen molar-refractivity contribution in [2.24, 2.45) is 0 Å². The monoisotopic (exact) mass is 368 g/mol. The maximum Gasteiger partial charge on any atom is 0.247 e. The van der Waals surface area contributed by atoms with Crippen LogP contribution in [-0.4, -0.2) is 28.7 Å². The van der Waals surface area contributed by atoms with Gasteiger partial charge in [0, 0.05) is 12.1 Å². The lowest BCUT2D eigenvalue weighted by Crippen LogP contribution is -2.31. The number of benzene rings is 2. The molecule has 0 spiro atoms. The van der Waals surface area contributed by atoms with Crippen LogP contribution in [-0.2, 0) is 14.4 Å². The van der Waals surface area contributed by atoms with Crippen molar-refractivity contribution in [2.75, 3.05) is 16.0 Å². The first-order chi connectivity index (χ1) is 12.5. The summed E-state index contributed by atoms with van der Waals surface area (Å²) in [4.78, 5) is 38.2. The average molecular weight is 368 g/mol. The van der Waals surface area contributed by atoms with E-state index in [9.17, 15) is 14.4 Å². The van der Waals surface area contributed by atoms with Gasteiger partial charge in [0.05, 0.1) is 16.7 Å². The zero-order valence-electron chi connectivity index (χ0n) is 14.7. The van der Waals surface area contributed by atoms with Gasteiger partial charge in [-0.15, -0.1) is 11.8 Å². The van der Waals surface area contributed by atoms with E-state index in [2.05, 4.69) is 5.32 Å². The number of thioether (sulfide) groups is 1. The molecule has 6 heteroatoms. The largest absolute Gasteiger partial charge is 0.325 e. The molecule has 2 aromatic carbocycles. The van der Waals surface area contributed by atoms with Crippen molar-refractivity contribution in [3.63, 3.8) is 0 Å². The van der Waals surface area contributed by atoms with Gasteiger partial charge in [-0.2, -0.15) is 0 Å². The third-order valence-corrected chi connectivity index (χ3v) is 5.43. The molecule has 0 bridgehead atoms. The number of aryl methyl sites for hydroxylation is 2. The fourth-order valence-corrected chi connectivity index (χ4v) is 3.71. The number of amides is 3. The van der Waals surface area contributed by atoms with Crippen LogP contribution in [0.4, 0.5) is 11.4 Å². The molecule has 1 saturated heterocycles. The molecule has 3 amide bonds. The number of para-hydroxylation sites is 1. The summed E-state index contributed by atoms with van der Waals surface area (Å²) in [6, 6.07) is 14.8. The van der Waals surface area contributed by atoms with E-state index in [1.165, 1.54) is 16.7 Å². The second-order valence-electron chi connectivity index (χ2n) is 6.27. The Balaban J connectivity index is 1.60. The Hall–Kier alpha value is -2.60. The lowest BCUT2D eigenvalue weighted by atomic mass is 10.2. The molecule has 0 aliphatic carbocycles. The van der Waals surface area contributed by atoms with Gasteiger partial charge in [-0.25, -0.2) is 4.90 Å².